The van der Waals surface area contributed by atoms with Crippen LogP contribution in [0.1, 0.15) is 36.5 Å². The van der Waals surface area contributed by atoms with Crippen molar-refractivity contribution in [3.63, 3.8) is 0 Å². The average molecular weight is 466 g/mol. The molecule has 2 unspecified atom stereocenters. The van der Waals surface area contributed by atoms with E-state index in [1.807, 2.05) is 16.4 Å². The highest BCUT2D eigenvalue weighted by molar-refractivity contribution is 8.00. The summed E-state index contributed by atoms with van der Waals surface area (Å²) in [4.78, 5) is 29.6. The van der Waals surface area contributed by atoms with E-state index in [4.69, 9.17) is 9.47 Å². The molecule has 4 rings (SSSR count). The van der Waals surface area contributed by atoms with E-state index in [0.29, 0.717) is 42.5 Å². The van der Waals surface area contributed by atoms with Gasteiger partial charge >= 0.3 is 5.97 Å². The molecule has 1 fully saturated rings. The Labute approximate surface area is 189 Å². The van der Waals surface area contributed by atoms with Crippen LogP contribution in [0.2, 0.25) is 0 Å². The number of rotatable bonds is 7. The molecule has 1 aromatic carbocycles. The van der Waals surface area contributed by atoms with Gasteiger partial charge in [-0.05, 0) is 32.9 Å². The number of piperazine rings is 1. The molecule has 8 nitrogen and oxygen atoms in total. The Kier molecular flexibility index (Phi) is 6.75. The minimum atomic E-state index is -0.783. The Morgan fingerprint density at radius 3 is 2.66 bits per heavy atom. The van der Waals surface area contributed by atoms with Crippen LogP contribution < -0.4 is 10.3 Å². The van der Waals surface area contributed by atoms with Crippen LogP contribution in [0.4, 0.5) is 10.1 Å². The minimum absolute atomic E-state index is 0.0115. The number of hydrogen-bond acceptors (Lipinski definition) is 8. The zero-order chi connectivity index (χ0) is 23.0. The van der Waals surface area contributed by atoms with Gasteiger partial charge in [0.1, 0.15) is 11.4 Å². The predicted molar refractivity (Wildman–Crippen MR) is 121 cm³/mol. The number of fused-ring (bicyclic) bond motifs is 3. The molecule has 0 aliphatic carbocycles. The van der Waals surface area contributed by atoms with E-state index in [1.165, 1.54) is 17.8 Å². The van der Waals surface area contributed by atoms with Crippen LogP contribution in [-0.4, -0.2) is 72.8 Å². The standard InChI is InChI=1S/C22H28FN3O5S/c1-4-30-22(29)19-20(28)15-11-16(23)18(12-17(15)26-13(2)32-21(19)26)25-7-5-24(6-8-25)9-10-31-14(3)27/h11-14,27H,4-10H2,1-3H3. The topological polar surface area (TPSA) is 84.2 Å². The predicted octanol–water partition coefficient (Wildman–Crippen LogP) is 2.42. The van der Waals surface area contributed by atoms with Crippen molar-refractivity contribution in [2.75, 3.05) is 50.8 Å². The molecular weight excluding hydrogens is 437 g/mol. The second-order valence-corrected chi connectivity index (χ2v) is 9.24. The number of pyridine rings is 1. The molecule has 174 valence electrons. The van der Waals surface area contributed by atoms with Crippen molar-refractivity contribution in [1.29, 1.82) is 0 Å². The first kappa shape index (κ1) is 23.0. The van der Waals surface area contributed by atoms with E-state index < -0.39 is 23.5 Å². The number of carbonyl (C=O) groups is 1. The molecule has 1 saturated heterocycles. The van der Waals surface area contributed by atoms with Gasteiger partial charge in [0, 0.05) is 38.1 Å². The zero-order valence-electron chi connectivity index (χ0n) is 18.5. The van der Waals surface area contributed by atoms with Gasteiger partial charge in [0.15, 0.2) is 6.29 Å². The Balaban J connectivity index is 1.62. The van der Waals surface area contributed by atoms with Gasteiger partial charge in [-0.25, -0.2) is 9.18 Å². The Hall–Kier alpha value is -2.14. The summed E-state index contributed by atoms with van der Waals surface area (Å²) in [6.07, 6.45) is -0.783. The number of thioether (sulfide) groups is 1. The molecule has 32 heavy (non-hydrogen) atoms. The molecule has 2 atom stereocenters. The van der Waals surface area contributed by atoms with Crippen molar-refractivity contribution in [2.45, 2.75) is 37.5 Å². The van der Waals surface area contributed by atoms with E-state index in [9.17, 15) is 14.7 Å². The fraction of sp³-hybridized carbons (Fsp3) is 0.545. The van der Waals surface area contributed by atoms with Gasteiger partial charge in [-0.2, -0.15) is 0 Å². The van der Waals surface area contributed by atoms with Gasteiger partial charge in [0.25, 0.3) is 0 Å². The lowest BCUT2D eigenvalue weighted by Crippen LogP contribution is -2.47. The number of esters is 1. The van der Waals surface area contributed by atoms with Gasteiger partial charge in [0.2, 0.25) is 5.43 Å². The van der Waals surface area contributed by atoms with Crippen LogP contribution in [-0.2, 0) is 9.47 Å². The molecule has 10 heteroatoms. The maximum Gasteiger partial charge on any atom is 0.344 e. The van der Waals surface area contributed by atoms with E-state index >= 15 is 4.39 Å². The monoisotopic (exact) mass is 465 g/mol. The summed E-state index contributed by atoms with van der Waals surface area (Å²) in [5.41, 5.74) is 0.591. The number of benzene rings is 1. The first-order valence-corrected chi connectivity index (χ1v) is 11.7. The smallest absolute Gasteiger partial charge is 0.344 e. The lowest BCUT2D eigenvalue weighted by Gasteiger charge is -2.37. The highest BCUT2D eigenvalue weighted by atomic mass is 32.2. The van der Waals surface area contributed by atoms with Crippen molar-refractivity contribution in [3.05, 3.63) is 33.7 Å². The largest absolute Gasteiger partial charge is 0.462 e. The van der Waals surface area contributed by atoms with Gasteiger partial charge in [-0.15, -0.1) is 0 Å². The number of aromatic nitrogens is 1. The van der Waals surface area contributed by atoms with Gasteiger partial charge in [0.05, 0.1) is 34.8 Å². The van der Waals surface area contributed by atoms with Crippen molar-refractivity contribution in [2.24, 2.45) is 0 Å². The number of aliphatic hydroxyl groups is 1. The molecule has 0 bridgehead atoms. The number of hydrogen-bond donors (Lipinski definition) is 1. The zero-order valence-corrected chi connectivity index (χ0v) is 19.3. The Morgan fingerprint density at radius 2 is 2.03 bits per heavy atom. The summed E-state index contributed by atoms with van der Waals surface area (Å²) in [7, 11) is 0. The van der Waals surface area contributed by atoms with Crippen molar-refractivity contribution in [1.82, 2.24) is 9.47 Å². The lowest BCUT2D eigenvalue weighted by molar-refractivity contribution is -0.0894. The highest BCUT2D eigenvalue weighted by Gasteiger charge is 2.34. The molecule has 2 aromatic rings. The number of aliphatic hydroxyl groups excluding tert-OH is 1. The lowest BCUT2D eigenvalue weighted by atomic mass is 10.1. The first-order valence-electron chi connectivity index (χ1n) is 10.8. The average Bonchev–Trinajstić information content (AvgIpc) is 2.74. The van der Waals surface area contributed by atoms with Crippen LogP contribution in [0, 0.1) is 5.82 Å². The maximum atomic E-state index is 15.1. The summed E-state index contributed by atoms with van der Waals surface area (Å²) < 4.78 is 27.3. The van der Waals surface area contributed by atoms with Crippen LogP contribution >= 0.6 is 11.8 Å². The van der Waals surface area contributed by atoms with Gasteiger partial charge < -0.3 is 24.0 Å². The molecule has 2 aliphatic heterocycles. The van der Waals surface area contributed by atoms with Crippen LogP contribution in [0.5, 0.6) is 0 Å². The van der Waals surface area contributed by atoms with Crippen LogP contribution in [0.15, 0.2) is 22.0 Å². The Bertz CT molecular complexity index is 1080. The van der Waals surface area contributed by atoms with Crippen LogP contribution in [0.25, 0.3) is 10.9 Å². The quantitative estimate of drug-likeness (QED) is 0.493. The number of ether oxygens (including phenoxy) is 2. The fourth-order valence-electron chi connectivity index (χ4n) is 4.23. The van der Waals surface area contributed by atoms with Crippen LogP contribution in [0.3, 0.4) is 0 Å². The SMILES string of the molecule is CCOC(=O)c1c2n(c3cc(N4CCN(CCOC(C)O)CC4)c(F)cc3c1=O)C(C)S2. The number of nitrogens with zero attached hydrogens (tertiary/aromatic N) is 3. The van der Waals surface area contributed by atoms with E-state index in [0.717, 1.165) is 13.1 Å². The first-order chi connectivity index (χ1) is 15.3. The molecule has 3 heterocycles. The third-order valence-corrected chi connectivity index (χ3v) is 7.01. The summed E-state index contributed by atoms with van der Waals surface area (Å²) >= 11 is 1.44. The molecule has 0 saturated carbocycles. The molecule has 1 aromatic heterocycles. The van der Waals surface area contributed by atoms with Crippen molar-refractivity contribution < 1.29 is 23.8 Å². The summed E-state index contributed by atoms with van der Waals surface area (Å²) in [6, 6.07) is 2.98. The summed E-state index contributed by atoms with van der Waals surface area (Å²) in [5, 5.41) is 10.0. The summed E-state index contributed by atoms with van der Waals surface area (Å²) in [6.45, 7) is 9.31. The molecule has 2 aliphatic rings. The molecule has 0 spiro atoms. The molecule has 1 N–H and O–H groups in total. The maximum absolute atomic E-state index is 15.1. The molecule has 0 amide bonds. The summed E-state index contributed by atoms with van der Waals surface area (Å²) in [5.74, 6) is -1.14. The van der Waals surface area contributed by atoms with Crippen molar-refractivity contribution in [3.8, 4) is 0 Å². The second kappa shape index (κ2) is 9.38. The number of halogens is 1. The van der Waals surface area contributed by atoms with Gasteiger partial charge in [-0.1, -0.05) is 11.8 Å². The van der Waals surface area contributed by atoms with E-state index in [-0.39, 0.29) is 22.9 Å². The molecular formula is C22H28FN3O5S. The third kappa shape index (κ3) is 4.24. The second-order valence-electron chi connectivity index (χ2n) is 7.94. The number of carbonyl (C=O) groups excluding carboxylic acids is 1. The normalized spacial score (nSPS) is 19.5. The Morgan fingerprint density at radius 1 is 1.31 bits per heavy atom. The highest BCUT2D eigenvalue weighted by Crippen LogP contribution is 2.46. The minimum Gasteiger partial charge on any atom is -0.462 e. The van der Waals surface area contributed by atoms with Gasteiger partial charge in [-0.3, -0.25) is 9.69 Å². The third-order valence-electron chi connectivity index (χ3n) is 5.83. The van der Waals surface area contributed by atoms with E-state index in [2.05, 4.69) is 4.90 Å². The van der Waals surface area contributed by atoms with Crippen molar-refractivity contribution >= 4 is 34.3 Å². The molecule has 0 radical (unpaired) electrons. The van der Waals surface area contributed by atoms with E-state index in [1.54, 1.807) is 19.9 Å². The fourth-order valence-corrected chi connectivity index (χ4v) is 5.38. The number of anilines is 1.